The maximum atomic E-state index is 13.1. The van der Waals surface area contributed by atoms with Crippen molar-refractivity contribution in [1.82, 2.24) is 0 Å². The van der Waals surface area contributed by atoms with Crippen LogP contribution in [0.25, 0.3) is 0 Å². The second-order valence-corrected chi connectivity index (χ2v) is 4.88. The molecule has 0 spiro atoms. The van der Waals surface area contributed by atoms with Crippen LogP contribution >= 0.6 is 0 Å². The highest BCUT2D eigenvalue weighted by Gasteiger charge is 2.34. The van der Waals surface area contributed by atoms with Crippen LogP contribution in [0.3, 0.4) is 0 Å². The molecule has 2 N–H and O–H groups in total. The predicted octanol–water partition coefficient (Wildman–Crippen LogP) is 4.57. The number of nitrogens with two attached hydrogens (primary N) is 1. The Kier molecular flexibility index (Phi) is 4.23. The van der Waals surface area contributed by atoms with Crippen molar-refractivity contribution in [2.75, 3.05) is 0 Å². The van der Waals surface area contributed by atoms with E-state index in [4.69, 9.17) is 10.5 Å². The molecule has 2 rings (SSSR count). The molecule has 5 heteroatoms. The Morgan fingerprint density at radius 1 is 1.00 bits per heavy atom. The van der Waals surface area contributed by atoms with Crippen LogP contribution in [0, 0.1) is 13.8 Å². The SMILES string of the molecule is Cc1ccc(Oc2ccc(CN)cc2C(F)(F)F)cc1C. The number of hydrogen-bond acceptors (Lipinski definition) is 2. The molecule has 0 fully saturated rings. The maximum Gasteiger partial charge on any atom is 0.419 e. The molecule has 112 valence electrons. The molecule has 0 saturated heterocycles. The molecule has 0 bridgehead atoms. The molecule has 0 aliphatic carbocycles. The van der Waals surface area contributed by atoms with Gasteiger partial charge < -0.3 is 10.5 Å². The Morgan fingerprint density at radius 2 is 1.71 bits per heavy atom. The molecule has 21 heavy (non-hydrogen) atoms. The number of aryl methyl sites for hydroxylation is 2. The van der Waals surface area contributed by atoms with Crippen LogP contribution < -0.4 is 10.5 Å². The third-order valence-electron chi connectivity index (χ3n) is 3.29. The van der Waals surface area contributed by atoms with Gasteiger partial charge in [-0.3, -0.25) is 0 Å². The van der Waals surface area contributed by atoms with Gasteiger partial charge in [0.05, 0.1) is 5.56 Å². The molecule has 0 unspecified atom stereocenters. The first-order valence-electron chi connectivity index (χ1n) is 6.46. The van der Waals surface area contributed by atoms with E-state index in [0.29, 0.717) is 11.3 Å². The zero-order valence-corrected chi connectivity index (χ0v) is 11.8. The van der Waals surface area contributed by atoms with Gasteiger partial charge in [-0.25, -0.2) is 0 Å². The first-order chi connectivity index (χ1) is 9.81. The van der Waals surface area contributed by atoms with Gasteiger partial charge in [-0.15, -0.1) is 0 Å². The molecular formula is C16H16F3NO. The Hall–Kier alpha value is -2.01. The average molecular weight is 295 g/mol. The smallest absolute Gasteiger partial charge is 0.419 e. The van der Waals surface area contributed by atoms with E-state index in [-0.39, 0.29) is 12.3 Å². The van der Waals surface area contributed by atoms with Gasteiger partial charge in [0.15, 0.2) is 0 Å². The van der Waals surface area contributed by atoms with E-state index in [2.05, 4.69) is 0 Å². The highest BCUT2D eigenvalue weighted by molar-refractivity contribution is 5.43. The molecule has 2 aromatic carbocycles. The van der Waals surface area contributed by atoms with E-state index in [1.54, 1.807) is 12.1 Å². The highest BCUT2D eigenvalue weighted by Crippen LogP contribution is 2.38. The quantitative estimate of drug-likeness (QED) is 0.900. The monoisotopic (exact) mass is 295 g/mol. The largest absolute Gasteiger partial charge is 0.457 e. The minimum Gasteiger partial charge on any atom is -0.457 e. The summed E-state index contributed by atoms with van der Waals surface area (Å²) in [6, 6.07) is 9.04. The minimum atomic E-state index is -4.49. The second-order valence-electron chi connectivity index (χ2n) is 4.88. The van der Waals surface area contributed by atoms with Gasteiger partial charge >= 0.3 is 6.18 Å². The second kappa shape index (κ2) is 5.77. The summed E-state index contributed by atoms with van der Waals surface area (Å²) >= 11 is 0. The average Bonchev–Trinajstić information content (AvgIpc) is 2.42. The van der Waals surface area contributed by atoms with Crippen molar-refractivity contribution in [3.05, 3.63) is 58.7 Å². The summed E-state index contributed by atoms with van der Waals surface area (Å²) in [5.41, 5.74) is 7.00. The van der Waals surface area contributed by atoms with Gasteiger partial charge in [0.1, 0.15) is 11.5 Å². The van der Waals surface area contributed by atoms with Crippen LogP contribution in [0.15, 0.2) is 36.4 Å². The molecule has 2 nitrogen and oxygen atoms in total. The van der Waals surface area contributed by atoms with E-state index in [0.717, 1.165) is 17.2 Å². The van der Waals surface area contributed by atoms with Crippen molar-refractivity contribution in [2.45, 2.75) is 26.6 Å². The fraction of sp³-hybridized carbons (Fsp3) is 0.250. The maximum absolute atomic E-state index is 13.1. The Labute approximate surface area is 121 Å². The van der Waals surface area contributed by atoms with Crippen LogP contribution in [-0.4, -0.2) is 0 Å². The fourth-order valence-corrected chi connectivity index (χ4v) is 1.92. The predicted molar refractivity (Wildman–Crippen MR) is 75.3 cm³/mol. The Morgan fingerprint density at radius 3 is 2.29 bits per heavy atom. The Bertz CT molecular complexity index is 650. The lowest BCUT2D eigenvalue weighted by Gasteiger charge is -2.15. The van der Waals surface area contributed by atoms with E-state index >= 15 is 0 Å². The van der Waals surface area contributed by atoms with Gasteiger partial charge in [0, 0.05) is 6.54 Å². The Balaban J connectivity index is 2.41. The summed E-state index contributed by atoms with van der Waals surface area (Å²) < 4.78 is 44.7. The van der Waals surface area contributed by atoms with Crippen molar-refractivity contribution in [3.63, 3.8) is 0 Å². The van der Waals surface area contributed by atoms with E-state index in [1.165, 1.54) is 12.1 Å². The molecule has 0 radical (unpaired) electrons. The van der Waals surface area contributed by atoms with Crippen LogP contribution in [0.4, 0.5) is 13.2 Å². The summed E-state index contributed by atoms with van der Waals surface area (Å²) in [5.74, 6) is 0.159. The molecule has 0 aliphatic heterocycles. The summed E-state index contributed by atoms with van der Waals surface area (Å²) in [7, 11) is 0. The molecule has 0 atom stereocenters. The highest BCUT2D eigenvalue weighted by atomic mass is 19.4. The van der Waals surface area contributed by atoms with Crippen LogP contribution in [0.2, 0.25) is 0 Å². The van der Waals surface area contributed by atoms with Gasteiger partial charge in [-0.1, -0.05) is 12.1 Å². The van der Waals surface area contributed by atoms with Crippen LogP contribution in [0.5, 0.6) is 11.5 Å². The third-order valence-corrected chi connectivity index (χ3v) is 3.29. The number of halogens is 3. The topological polar surface area (TPSA) is 35.2 Å². The number of rotatable bonds is 3. The molecule has 0 heterocycles. The van der Waals surface area contributed by atoms with E-state index in [9.17, 15) is 13.2 Å². The lowest BCUT2D eigenvalue weighted by molar-refractivity contribution is -0.138. The summed E-state index contributed by atoms with van der Waals surface area (Å²) in [6.07, 6.45) is -4.49. The number of hydrogen-bond donors (Lipinski definition) is 1. The van der Waals surface area contributed by atoms with Gasteiger partial charge in [-0.2, -0.15) is 13.2 Å². The summed E-state index contributed by atoms with van der Waals surface area (Å²) in [4.78, 5) is 0. The normalized spacial score (nSPS) is 11.5. The molecule has 2 aromatic rings. The molecule has 0 saturated carbocycles. The van der Waals surface area contributed by atoms with Gasteiger partial charge in [0.2, 0.25) is 0 Å². The van der Waals surface area contributed by atoms with Gasteiger partial charge in [0.25, 0.3) is 0 Å². The zero-order chi connectivity index (χ0) is 15.6. The zero-order valence-electron chi connectivity index (χ0n) is 11.8. The first-order valence-corrected chi connectivity index (χ1v) is 6.46. The van der Waals surface area contributed by atoms with Crippen LogP contribution in [-0.2, 0) is 12.7 Å². The lowest BCUT2D eigenvalue weighted by Crippen LogP contribution is -2.09. The molecule has 0 amide bonds. The number of ether oxygens (including phenoxy) is 1. The number of alkyl halides is 3. The van der Waals surface area contributed by atoms with Gasteiger partial charge in [-0.05, 0) is 54.8 Å². The minimum absolute atomic E-state index is 0.0486. The van der Waals surface area contributed by atoms with E-state index < -0.39 is 11.7 Å². The summed E-state index contributed by atoms with van der Waals surface area (Å²) in [5, 5.41) is 0. The van der Waals surface area contributed by atoms with Crippen molar-refractivity contribution in [3.8, 4) is 11.5 Å². The van der Waals surface area contributed by atoms with Crippen molar-refractivity contribution in [2.24, 2.45) is 5.73 Å². The molecule has 0 aromatic heterocycles. The third kappa shape index (κ3) is 3.55. The van der Waals surface area contributed by atoms with Crippen molar-refractivity contribution < 1.29 is 17.9 Å². The molecular weight excluding hydrogens is 279 g/mol. The molecule has 0 aliphatic rings. The lowest BCUT2D eigenvalue weighted by atomic mass is 10.1. The van der Waals surface area contributed by atoms with Crippen LogP contribution in [0.1, 0.15) is 22.3 Å². The number of benzene rings is 2. The van der Waals surface area contributed by atoms with Crippen molar-refractivity contribution in [1.29, 1.82) is 0 Å². The standard InChI is InChI=1S/C16H16F3NO/c1-10-3-5-13(7-11(10)2)21-15-6-4-12(9-20)8-14(15)16(17,18)19/h3-8H,9,20H2,1-2H3. The van der Waals surface area contributed by atoms with Crippen molar-refractivity contribution >= 4 is 0 Å². The van der Waals surface area contributed by atoms with E-state index in [1.807, 2.05) is 19.9 Å². The first kappa shape index (κ1) is 15.4. The fourth-order valence-electron chi connectivity index (χ4n) is 1.92. The summed E-state index contributed by atoms with van der Waals surface area (Å²) in [6.45, 7) is 3.85.